The van der Waals surface area contributed by atoms with Crippen molar-refractivity contribution in [3.63, 3.8) is 0 Å². The van der Waals surface area contributed by atoms with Crippen molar-refractivity contribution in [2.45, 2.75) is 32.3 Å². The van der Waals surface area contributed by atoms with E-state index in [-0.39, 0.29) is 18.1 Å². The molecule has 1 N–H and O–H groups in total. The summed E-state index contributed by atoms with van der Waals surface area (Å²) in [7, 11) is -3.91. The van der Waals surface area contributed by atoms with E-state index in [1.807, 2.05) is 30.3 Å². The summed E-state index contributed by atoms with van der Waals surface area (Å²) >= 11 is 0. The van der Waals surface area contributed by atoms with Crippen LogP contribution in [0.2, 0.25) is 25.7 Å². The minimum absolute atomic E-state index is 0.0327. The summed E-state index contributed by atoms with van der Waals surface area (Å²) < 4.78 is 36.4. The standard InChI is InChI=1S/C24H29N3O6SSi/c1-32-23(28)22(25-24(29)33-17-18-8-6-5-7-9-18)15-19-10-11-21-20(14-19)16-27(26-21)34(30,31)12-13-35(2,3)4/h5-11,14-16H,12-13,17H2,1-4H3,(H,25,29)/b22-15-. The highest BCUT2D eigenvalue weighted by molar-refractivity contribution is 7.89. The van der Waals surface area contributed by atoms with Gasteiger partial charge in [-0.3, -0.25) is 5.32 Å². The number of methoxy groups -OCH3 is 1. The van der Waals surface area contributed by atoms with E-state index in [1.54, 1.807) is 18.2 Å². The Bertz CT molecular complexity index is 1340. The molecule has 0 bridgehead atoms. The largest absolute Gasteiger partial charge is 0.464 e. The van der Waals surface area contributed by atoms with Gasteiger partial charge in [0.2, 0.25) is 0 Å². The summed E-state index contributed by atoms with van der Waals surface area (Å²) in [6.45, 7) is 6.39. The molecule has 1 heterocycles. The number of nitrogens with zero attached hydrogens (tertiary/aromatic N) is 2. The van der Waals surface area contributed by atoms with Gasteiger partial charge in [-0.2, -0.15) is 9.19 Å². The second-order valence-corrected chi connectivity index (χ2v) is 16.8. The van der Waals surface area contributed by atoms with Crippen LogP contribution in [0.3, 0.4) is 0 Å². The van der Waals surface area contributed by atoms with Gasteiger partial charge < -0.3 is 9.47 Å². The molecule has 11 heteroatoms. The number of ether oxygens (including phenoxy) is 2. The van der Waals surface area contributed by atoms with E-state index in [2.05, 4.69) is 30.1 Å². The van der Waals surface area contributed by atoms with Crippen molar-refractivity contribution in [1.82, 2.24) is 14.5 Å². The first-order valence-electron chi connectivity index (χ1n) is 11.0. The first kappa shape index (κ1) is 26.2. The fourth-order valence-electron chi connectivity index (χ4n) is 3.07. The Morgan fingerprint density at radius 3 is 2.49 bits per heavy atom. The van der Waals surface area contributed by atoms with Crippen LogP contribution in [-0.4, -0.2) is 50.6 Å². The Labute approximate surface area is 205 Å². The third-order valence-corrected chi connectivity index (χ3v) is 8.66. The molecule has 0 radical (unpaired) electrons. The number of fused-ring (bicyclic) bond motifs is 1. The lowest BCUT2D eigenvalue weighted by atomic mass is 10.1. The van der Waals surface area contributed by atoms with Gasteiger partial charge >= 0.3 is 12.1 Å². The smallest absolute Gasteiger partial charge is 0.412 e. The zero-order chi connectivity index (χ0) is 25.6. The Morgan fingerprint density at radius 2 is 1.83 bits per heavy atom. The average Bonchev–Trinajstić information content (AvgIpc) is 3.25. The Kier molecular flexibility index (Phi) is 8.13. The van der Waals surface area contributed by atoms with Crippen molar-refractivity contribution in [2.24, 2.45) is 0 Å². The van der Waals surface area contributed by atoms with Gasteiger partial charge in [-0.15, -0.1) is 0 Å². The summed E-state index contributed by atoms with van der Waals surface area (Å²) in [5, 5.41) is 7.18. The second-order valence-electron chi connectivity index (χ2n) is 9.18. The third-order valence-electron chi connectivity index (χ3n) is 5.07. The monoisotopic (exact) mass is 515 g/mol. The van der Waals surface area contributed by atoms with Crippen molar-refractivity contribution in [3.8, 4) is 0 Å². The molecule has 2 aromatic carbocycles. The zero-order valence-electron chi connectivity index (χ0n) is 20.1. The highest BCUT2D eigenvalue weighted by Crippen LogP contribution is 2.19. The maximum atomic E-state index is 12.7. The molecule has 0 fully saturated rings. The predicted molar refractivity (Wildman–Crippen MR) is 137 cm³/mol. The number of amides is 1. The van der Waals surface area contributed by atoms with Gasteiger partial charge in [0.05, 0.1) is 24.6 Å². The minimum Gasteiger partial charge on any atom is -0.464 e. The number of aromatic nitrogens is 2. The van der Waals surface area contributed by atoms with Crippen LogP contribution in [0.1, 0.15) is 11.1 Å². The number of benzene rings is 2. The number of nitrogens with one attached hydrogen (secondary N) is 1. The fourth-order valence-corrected chi connectivity index (χ4v) is 7.23. The van der Waals surface area contributed by atoms with Crippen LogP contribution >= 0.6 is 0 Å². The molecule has 0 aliphatic heterocycles. The lowest BCUT2D eigenvalue weighted by Crippen LogP contribution is -2.28. The van der Waals surface area contributed by atoms with E-state index in [4.69, 9.17) is 9.47 Å². The lowest BCUT2D eigenvalue weighted by Gasteiger charge is -2.15. The average molecular weight is 516 g/mol. The summed E-state index contributed by atoms with van der Waals surface area (Å²) in [5.74, 6) is -0.725. The van der Waals surface area contributed by atoms with Crippen LogP contribution < -0.4 is 5.32 Å². The van der Waals surface area contributed by atoms with Gasteiger partial charge in [-0.05, 0) is 35.4 Å². The van der Waals surface area contributed by atoms with Crippen LogP contribution in [0.15, 0.2) is 60.4 Å². The van der Waals surface area contributed by atoms with Crippen LogP contribution in [0.25, 0.3) is 17.0 Å². The highest BCUT2D eigenvalue weighted by Gasteiger charge is 2.21. The summed E-state index contributed by atoms with van der Waals surface area (Å²) in [5.41, 5.74) is 1.71. The number of alkyl carbamates (subject to hydrolysis) is 1. The van der Waals surface area contributed by atoms with E-state index < -0.39 is 30.2 Å². The quantitative estimate of drug-likeness (QED) is 0.260. The van der Waals surface area contributed by atoms with Crippen molar-refractivity contribution in [1.29, 1.82) is 0 Å². The van der Waals surface area contributed by atoms with E-state index in [0.717, 1.165) is 9.65 Å². The van der Waals surface area contributed by atoms with Crippen LogP contribution in [0.5, 0.6) is 0 Å². The van der Waals surface area contributed by atoms with E-state index >= 15 is 0 Å². The molecule has 0 aliphatic rings. The van der Waals surface area contributed by atoms with Gasteiger partial charge in [-0.25, -0.2) is 18.0 Å². The Hall–Kier alpha value is -3.44. The maximum absolute atomic E-state index is 12.7. The molecule has 0 unspecified atom stereocenters. The van der Waals surface area contributed by atoms with Crippen LogP contribution in [-0.2, 0) is 30.9 Å². The molecule has 1 aromatic heterocycles. The Morgan fingerprint density at radius 1 is 1.11 bits per heavy atom. The maximum Gasteiger partial charge on any atom is 0.412 e. The molecule has 35 heavy (non-hydrogen) atoms. The third kappa shape index (κ3) is 7.52. The number of carbonyl (C=O) groups is 2. The zero-order valence-corrected chi connectivity index (χ0v) is 22.0. The molecule has 0 atom stereocenters. The molecule has 3 aromatic rings. The van der Waals surface area contributed by atoms with Gasteiger partial charge in [0.1, 0.15) is 12.3 Å². The number of hydrogen-bond donors (Lipinski definition) is 1. The summed E-state index contributed by atoms with van der Waals surface area (Å²) in [6, 6.07) is 14.7. The molecule has 1 amide bonds. The lowest BCUT2D eigenvalue weighted by molar-refractivity contribution is -0.136. The van der Waals surface area contributed by atoms with Gasteiger partial charge in [-0.1, -0.05) is 56.0 Å². The first-order valence-corrected chi connectivity index (χ1v) is 16.3. The molecule has 186 valence electrons. The molecule has 0 spiro atoms. The van der Waals surface area contributed by atoms with E-state index in [9.17, 15) is 18.0 Å². The molecule has 0 saturated carbocycles. The van der Waals surface area contributed by atoms with Gasteiger partial charge in [0, 0.05) is 13.5 Å². The molecule has 9 nitrogen and oxygen atoms in total. The molecular formula is C24H29N3O6SSi. The minimum atomic E-state index is -3.58. The molecule has 3 rings (SSSR count). The van der Waals surface area contributed by atoms with Crippen molar-refractivity contribution < 1.29 is 27.5 Å². The van der Waals surface area contributed by atoms with Gasteiger partial charge in [0.15, 0.2) is 0 Å². The van der Waals surface area contributed by atoms with Crippen LogP contribution in [0, 0.1) is 0 Å². The Balaban J connectivity index is 1.79. The SMILES string of the molecule is COC(=O)/C(=C/c1ccc2nn(S(=O)(=O)CC[Si](C)(C)C)cc2c1)NC(=O)OCc1ccccc1. The van der Waals surface area contributed by atoms with Crippen molar-refractivity contribution >= 4 is 47.1 Å². The van der Waals surface area contributed by atoms with Crippen LogP contribution in [0.4, 0.5) is 4.79 Å². The summed E-state index contributed by atoms with van der Waals surface area (Å²) in [4.78, 5) is 24.5. The number of esters is 1. The molecule has 0 saturated heterocycles. The predicted octanol–water partition coefficient (Wildman–Crippen LogP) is 3.99. The molecular weight excluding hydrogens is 486 g/mol. The summed E-state index contributed by atoms with van der Waals surface area (Å²) in [6.07, 6.45) is 2.06. The van der Waals surface area contributed by atoms with Crippen molar-refractivity contribution in [2.75, 3.05) is 12.9 Å². The highest BCUT2D eigenvalue weighted by atomic mass is 32.2. The second kappa shape index (κ2) is 10.9. The fraction of sp³-hybridized carbons (Fsp3) is 0.292. The topological polar surface area (TPSA) is 117 Å². The van der Waals surface area contributed by atoms with Gasteiger partial charge in [0.25, 0.3) is 10.0 Å². The number of rotatable bonds is 9. The normalized spacial score (nSPS) is 12.4. The van der Waals surface area contributed by atoms with Crippen molar-refractivity contribution in [3.05, 3.63) is 71.6 Å². The van der Waals surface area contributed by atoms with E-state index in [1.165, 1.54) is 19.4 Å². The first-order chi connectivity index (χ1) is 16.5. The number of carbonyl (C=O) groups excluding carboxylic acids is 2. The van der Waals surface area contributed by atoms with E-state index in [0.29, 0.717) is 22.5 Å². The molecule has 0 aliphatic carbocycles. The number of hydrogen-bond acceptors (Lipinski definition) is 7.